The highest BCUT2D eigenvalue weighted by molar-refractivity contribution is 7.16. The number of hydrogen-bond donors (Lipinski definition) is 2. The lowest BCUT2D eigenvalue weighted by atomic mass is 10.1. The van der Waals surface area contributed by atoms with Crippen LogP contribution in [-0.4, -0.2) is 23.3 Å². The zero-order valence-electron chi connectivity index (χ0n) is 15.3. The summed E-state index contributed by atoms with van der Waals surface area (Å²) < 4.78 is 26.5. The number of amides is 2. The Morgan fingerprint density at radius 1 is 1.14 bits per heavy atom. The van der Waals surface area contributed by atoms with Gasteiger partial charge in [0.1, 0.15) is 11.6 Å². The van der Waals surface area contributed by atoms with Gasteiger partial charge in [0, 0.05) is 34.5 Å². The molecule has 1 aromatic heterocycles. The molecule has 150 valence electrons. The van der Waals surface area contributed by atoms with Crippen molar-refractivity contribution in [3.05, 3.63) is 69.6 Å². The van der Waals surface area contributed by atoms with Crippen molar-refractivity contribution < 1.29 is 18.4 Å². The minimum absolute atomic E-state index is 0.00409. The van der Waals surface area contributed by atoms with E-state index in [1.54, 1.807) is 12.1 Å². The molecule has 0 aliphatic heterocycles. The number of nitrogens with one attached hydrogen (secondary N) is 2. The highest BCUT2D eigenvalue weighted by atomic mass is 35.5. The molecule has 2 aromatic carbocycles. The van der Waals surface area contributed by atoms with Gasteiger partial charge in [0.15, 0.2) is 5.13 Å². The number of aryl methyl sites for hydroxylation is 1. The van der Waals surface area contributed by atoms with Gasteiger partial charge in [-0.05, 0) is 31.2 Å². The number of rotatable bonds is 6. The van der Waals surface area contributed by atoms with Gasteiger partial charge >= 0.3 is 0 Å². The molecule has 5 nitrogen and oxygen atoms in total. The van der Waals surface area contributed by atoms with Gasteiger partial charge in [0.2, 0.25) is 5.91 Å². The summed E-state index contributed by atoms with van der Waals surface area (Å²) in [5.41, 5.74) is 1.36. The monoisotopic (exact) mass is 435 g/mol. The number of aromatic nitrogens is 1. The maximum Gasteiger partial charge on any atom is 0.254 e. The van der Waals surface area contributed by atoms with Crippen LogP contribution in [0.15, 0.2) is 42.5 Å². The maximum atomic E-state index is 13.6. The minimum atomic E-state index is -0.958. The fourth-order valence-corrected chi connectivity index (χ4v) is 3.54. The summed E-state index contributed by atoms with van der Waals surface area (Å²) in [6, 6.07) is 9.90. The molecule has 9 heteroatoms. The Morgan fingerprint density at radius 3 is 2.55 bits per heavy atom. The van der Waals surface area contributed by atoms with Crippen LogP contribution >= 0.6 is 22.9 Å². The van der Waals surface area contributed by atoms with Crippen LogP contribution in [0.5, 0.6) is 0 Å². The molecule has 2 N–H and O–H groups in total. The summed E-state index contributed by atoms with van der Waals surface area (Å²) in [5.74, 6) is -2.79. The quantitative estimate of drug-likeness (QED) is 0.583. The molecule has 0 aliphatic rings. The summed E-state index contributed by atoms with van der Waals surface area (Å²) in [7, 11) is 0. The smallest absolute Gasteiger partial charge is 0.254 e. The second-order valence-electron chi connectivity index (χ2n) is 6.11. The van der Waals surface area contributed by atoms with Gasteiger partial charge in [-0.3, -0.25) is 9.59 Å². The predicted molar refractivity (Wildman–Crippen MR) is 109 cm³/mol. The van der Waals surface area contributed by atoms with Gasteiger partial charge < -0.3 is 10.6 Å². The standard InChI is InChI=1S/C20H16ClF2N3O2S/c1-11-18(12-2-4-13(21)5-3-12)26-20(29-11)25-17(27)8-9-24-19(28)15-7-6-14(22)10-16(15)23/h2-7,10H,8-9H2,1H3,(H,24,28)(H,25,26,27). The Labute approximate surface area is 174 Å². The highest BCUT2D eigenvalue weighted by Crippen LogP contribution is 2.31. The van der Waals surface area contributed by atoms with Gasteiger partial charge in [-0.15, -0.1) is 11.3 Å². The van der Waals surface area contributed by atoms with Crippen LogP contribution in [0.1, 0.15) is 21.7 Å². The van der Waals surface area contributed by atoms with Gasteiger partial charge in [-0.2, -0.15) is 0 Å². The molecule has 0 bridgehead atoms. The van der Waals surface area contributed by atoms with Gasteiger partial charge in [0.05, 0.1) is 11.3 Å². The first kappa shape index (κ1) is 20.9. The number of anilines is 1. The van der Waals surface area contributed by atoms with E-state index in [1.807, 2.05) is 19.1 Å². The van der Waals surface area contributed by atoms with Gasteiger partial charge in [-0.25, -0.2) is 13.8 Å². The maximum absolute atomic E-state index is 13.6. The van der Waals surface area contributed by atoms with E-state index in [0.29, 0.717) is 16.2 Å². The van der Waals surface area contributed by atoms with Crippen LogP contribution in [0, 0.1) is 18.6 Å². The first-order chi connectivity index (χ1) is 13.8. The summed E-state index contributed by atoms with van der Waals surface area (Å²) in [6.07, 6.45) is -0.0243. The molecule has 0 saturated heterocycles. The highest BCUT2D eigenvalue weighted by Gasteiger charge is 2.14. The molecule has 0 fully saturated rings. The van der Waals surface area contributed by atoms with E-state index in [0.717, 1.165) is 28.3 Å². The van der Waals surface area contributed by atoms with E-state index >= 15 is 0 Å². The van der Waals surface area contributed by atoms with Crippen molar-refractivity contribution in [1.29, 1.82) is 0 Å². The number of halogens is 3. The summed E-state index contributed by atoms with van der Waals surface area (Å²) >= 11 is 7.23. The van der Waals surface area contributed by atoms with Gasteiger partial charge in [0.25, 0.3) is 5.91 Å². The molecular formula is C20H16ClF2N3O2S. The summed E-state index contributed by atoms with van der Waals surface area (Å²) in [4.78, 5) is 29.4. The van der Waals surface area contributed by atoms with Crippen LogP contribution < -0.4 is 10.6 Å². The Hall–Kier alpha value is -2.84. The van der Waals surface area contributed by atoms with Crippen molar-refractivity contribution in [2.75, 3.05) is 11.9 Å². The summed E-state index contributed by atoms with van der Waals surface area (Å²) in [5, 5.41) is 6.18. The largest absolute Gasteiger partial charge is 0.351 e. The first-order valence-corrected chi connectivity index (χ1v) is 9.79. The number of nitrogens with zero attached hydrogens (tertiary/aromatic N) is 1. The second-order valence-corrected chi connectivity index (χ2v) is 7.75. The Balaban J connectivity index is 1.54. The molecule has 0 aliphatic carbocycles. The van der Waals surface area contributed by atoms with Crippen LogP contribution in [-0.2, 0) is 4.79 Å². The normalized spacial score (nSPS) is 10.6. The molecule has 0 saturated carbocycles. The summed E-state index contributed by atoms with van der Waals surface area (Å²) in [6.45, 7) is 1.89. The molecule has 0 atom stereocenters. The first-order valence-electron chi connectivity index (χ1n) is 8.60. The fraction of sp³-hybridized carbons (Fsp3) is 0.150. The van der Waals surface area contributed by atoms with Crippen LogP contribution in [0.25, 0.3) is 11.3 Å². The molecular weight excluding hydrogens is 420 g/mol. The average molecular weight is 436 g/mol. The SMILES string of the molecule is Cc1sc(NC(=O)CCNC(=O)c2ccc(F)cc2F)nc1-c1ccc(Cl)cc1. The van der Waals surface area contributed by atoms with Crippen LogP contribution in [0.2, 0.25) is 5.02 Å². The third-order valence-electron chi connectivity index (χ3n) is 3.97. The van der Waals surface area contributed by atoms with Crippen molar-refractivity contribution >= 4 is 39.9 Å². The molecule has 0 unspecified atom stereocenters. The lowest BCUT2D eigenvalue weighted by molar-refractivity contribution is -0.116. The number of thiazole rings is 1. The Bertz CT molecular complexity index is 1050. The minimum Gasteiger partial charge on any atom is -0.351 e. The van der Waals surface area contributed by atoms with Crippen LogP contribution in [0.4, 0.5) is 13.9 Å². The zero-order chi connectivity index (χ0) is 21.0. The Kier molecular flexibility index (Phi) is 6.56. The van der Waals surface area contributed by atoms with Crippen LogP contribution in [0.3, 0.4) is 0 Å². The number of hydrogen-bond acceptors (Lipinski definition) is 4. The second kappa shape index (κ2) is 9.11. The molecule has 3 rings (SSSR count). The molecule has 3 aromatic rings. The van der Waals surface area contributed by atoms with E-state index in [-0.39, 0.29) is 24.4 Å². The molecule has 1 heterocycles. The lowest BCUT2D eigenvalue weighted by Crippen LogP contribution is -2.28. The predicted octanol–water partition coefficient (Wildman–Crippen LogP) is 4.81. The zero-order valence-corrected chi connectivity index (χ0v) is 16.8. The number of benzene rings is 2. The van der Waals surface area contributed by atoms with Crippen molar-refractivity contribution in [3.63, 3.8) is 0 Å². The van der Waals surface area contributed by atoms with E-state index in [9.17, 15) is 18.4 Å². The average Bonchev–Trinajstić information content (AvgIpc) is 3.02. The topological polar surface area (TPSA) is 71.1 Å². The fourth-order valence-electron chi connectivity index (χ4n) is 2.57. The Morgan fingerprint density at radius 2 is 1.86 bits per heavy atom. The van der Waals surface area contributed by atoms with Gasteiger partial charge in [-0.1, -0.05) is 23.7 Å². The van der Waals surface area contributed by atoms with Crippen molar-refractivity contribution in [2.24, 2.45) is 0 Å². The number of carbonyl (C=O) groups excluding carboxylic acids is 2. The van der Waals surface area contributed by atoms with E-state index in [2.05, 4.69) is 15.6 Å². The van der Waals surface area contributed by atoms with Crippen molar-refractivity contribution in [2.45, 2.75) is 13.3 Å². The number of carbonyl (C=O) groups is 2. The van der Waals surface area contributed by atoms with Crippen molar-refractivity contribution in [3.8, 4) is 11.3 Å². The van der Waals surface area contributed by atoms with E-state index < -0.39 is 17.5 Å². The molecule has 0 spiro atoms. The third-order valence-corrected chi connectivity index (χ3v) is 5.11. The van der Waals surface area contributed by atoms with Crippen molar-refractivity contribution in [1.82, 2.24) is 10.3 Å². The molecule has 0 radical (unpaired) electrons. The lowest BCUT2D eigenvalue weighted by Gasteiger charge is -2.06. The molecule has 2 amide bonds. The van der Waals surface area contributed by atoms with E-state index in [1.165, 1.54) is 11.3 Å². The molecule has 29 heavy (non-hydrogen) atoms. The van der Waals surface area contributed by atoms with E-state index in [4.69, 9.17) is 11.6 Å². The third kappa shape index (κ3) is 5.36.